The zero-order valence-corrected chi connectivity index (χ0v) is 10.6. The van der Waals surface area contributed by atoms with E-state index in [4.69, 9.17) is 0 Å². The van der Waals surface area contributed by atoms with Crippen molar-refractivity contribution in [2.75, 3.05) is 26.7 Å². The minimum Gasteiger partial charge on any atom is -0.336 e. The van der Waals surface area contributed by atoms with Crippen molar-refractivity contribution in [2.45, 2.75) is 25.9 Å². The number of amides is 1. The molecule has 0 saturated carbocycles. The van der Waals surface area contributed by atoms with E-state index >= 15 is 0 Å². The predicted molar refractivity (Wildman–Crippen MR) is 63.4 cm³/mol. The Morgan fingerprint density at radius 3 is 2.82 bits per heavy atom. The number of nitrogens with zero attached hydrogens (tertiary/aromatic N) is 5. The predicted octanol–water partition coefficient (Wildman–Crippen LogP) is 0.00160. The number of piperazine rings is 1. The molecular formula is C11H19N5O. The molecule has 1 aliphatic rings. The zero-order chi connectivity index (χ0) is 12.4. The Kier molecular flexibility index (Phi) is 3.42. The van der Waals surface area contributed by atoms with Crippen LogP contribution in [0.1, 0.15) is 19.9 Å². The van der Waals surface area contributed by atoms with Gasteiger partial charge < -0.3 is 9.80 Å². The van der Waals surface area contributed by atoms with Crippen molar-refractivity contribution in [2.24, 2.45) is 0 Å². The lowest BCUT2D eigenvalue weighted by molar-refractivity contribution is -0.138. The molecule has 1 amide bonds. The molecule has 0 spiro atoms. The van der Waals surface area contributed by atoms with Gasteiger partial charge in [0.15, 0.2) is 0 Å². The highest BCUT2D eigenvalue weighted by molar-refractivity contribution is 5.80. The van der Waals surface area contributed by atoms with Crippen molar-refractivity contribution < 1.29 is 4.79 Å². The number of likely N-dealkylation sites (N-methyl/N-ethyl adjacent to an activating group) is 1. The molecule has 0 bridgehead atoms. The molecule has 2 heterocycles. The van der Waals surface area contributed by atoms with Crippen LogP contribution in [0.25, 0.3) is 0 Å². The van der Waals surface area contributed by atoms with Crippen LogP contribution < -0.4 is 0 Å². The summed E-state index contributed by atoms with van der Waals surface area (Å²) >= 11 is 0. The standard InChI is InChI=1S/C11H19N5O/c1-9-6-14(3)4-5-15(9)11(17)10(2)16-8-12-7-13-16/h7-10H,4-6H2,1-3H3/t9-,10-/m0/s1. The first kappa shape index (κ1) is 12.0. The van der Waals surface area contributed by atoms with E-state index in [2.05, 4.69) is 29.0 Å². The van der Waals surface area contributed by atoms with E-state index < -0.39 is 0 Å². The molecule has 6 heteroatoms. The molecule has 1 fully saturated rings. The van der Waals surface area contributed by atoms with Crippen LogP contribution in [-0.4, -0.2) is 63.2 Å². The Morgan fingerprint density at radius 1 is 1.47 bits per heavy atom. The second kappa shape index (κ2) is 4.83. The van der Waals surface area contributed by atoms with Gasteiger partial charge in [-0.05, 0) is 20.9 Å². The Bertz CT molecular complexity index is 377. The summed E-state index contributed by atoms with van der Waals surface area (Å²) in [4.78, 5) is 20.4. The first-order valence-corrected chi connectivity index (χ1v) is 5.92. The molecule has 2 atom stereocenters. The van der Waals surface area contributed by atoms with Crippen LogP contribution in [0.2, 0.25) is 0 Å². The van der Waals surface area contributed by atoms with Gasteiger partial charge in [0, 0.05) is 25.7 Å². The third kappa shape index (κ3) is 2.46. The number of carbonyl (C=O) groups excluding carboxylic acids is 1. The van der Waals surface area contributed by atoms with Gasteiger partial charge in [-0.2, -0.15) is 5.10 Å². The maximum absolute atomic E-state index is 12.3. The van der Waals surface area contributed by atoms with Crippen molar-refractivity contribution in [3.05, 3.63) is 12.7 Å². The van der Waals surface area contributed by atoms with Crippen LogP contribution in [0.5, 0.6) is 0 Å². The molecule has 1 aliphatic heterocycles. The molecule has 1 aromatic rings. The topological polar surface area (TPSA) is 54.3 Å². The van der Waals surface area contributed by atoms with Crippen LogP contribution in [0, 0.1) is 0 Å². The summed E-state index contributed by atoms with van der Waals surface area (Å²) in [5, 5.41) is 4.02. The average Bonchev–Trinajstić information content (AvgIpc) is 2.80. The highest BCUT2D eigenvalue weighted by Gasteiger charge is 2.29. The fraction of sp³-hybridized carbons (Fsp3) is 0.727. The lowest BCUT2D eigenvalue weighted by atomic mass is 10.1. The second-order valence-electron chi connectivity index (χ2n) is 4.69. The van der Waals surface area contributed by atoms with Gasteiger partial charge in [0.1, 0.15) is 18.7 Å². The Balaban J connectivity index is 2.05. The van der Waals surface area contributed by atoms with Crippen LogP contribution in [0.3, 0.4) is 0 Å². The molecule has 0 unspecified atom stereocenters. The van der Waals surface area contributed by atoms with Gasteiger partial charge in [-0.25, -0.2) is 9.67 Å². The summed E-state index contributed by atoms with van der Waals surface area (Å²) < 4.78 is 1.60. The summed E-state index contributed by atoms with van der Waals surface area (Å²) in [7, 11) is 2.08. The van der Waals surface area contributed by atoms with E-state index in [1.54, 1.807) is 11.0 Å². The average molecular weight is 237 g/mol. The van der Waals surface area contributed by atoms with Gasteiger partial charge in [-0.1, -0.05) is 0 Å². The summed E-state index contributed by atoms with van der Waals surface area (Å²) in [6.07, 6.45) is 3.04. The minimum absolute atomic E-state index is 0.121. The van der Waals surface area contributed by atoms with E-state index in [1.807, 2.05) is 11.8 Å². The fourth-order valence-electron chi connectivity index (χ4n) is 2.24. The van der Waals surface area contributed by atoms with Gasteiger partial charge >= 0.3 is 0 Å². The minimum atomic E-state index is -0.275. The molecular weight excluding hydrogens is 218 g/mol. The van der Waals surface area contributed by atoms with Gasteiger partial charge in [-0.15, -0.1) is 0 Å². The summed E-state index contributed by atoms with van der Waals surface area (Å²) in [5.41, 5.74) is 0. The molecule has 2 rings (SSSR count). The van der Waals surface area contributed by atoms with E-state index in [0.29, 0.717) is 0 Å². The summed E-state index contributed by atoms with van der Waals surface area (Å²) in [5.74, 6) is 0.121. The number of hydrogen-bond acceptors (Lipinski definition) is 4. The highest BCUT2D eigenvalue weighted by Crippen LogP contribution is 2.14. The van der Waals surface area contributed by atoms with Crippen LogP contribution in [0.15, 0.2) is 12.7 Å². The highest BCUT2D eigenvalue weighted by atomic mass is 16.2. The lowest BCUT2D eigenvalue weighted by Crippen LogP contribution is -2.54. The van der Waals surface area contributed by atoms with E-state index in [1.165, 1.54) is 6.33 Å². The summed E-state index contributed by atoms with van der Waals surface area (Å²) in [6.45, 7) is 6.59. The molecule has 0 aromatic carbocycles. The largest absolute Gasteiger partial charge is 0.336 e. The maximum atomic E-state index is 12.3. The van der Waals surface area contributed by atoms with Crippen LogP contribution in [-0.2, 0) is 4.79 Å². The first-order valence-electron chi connectivity index (χ1n) is 5.92. The third-order valence-corrected chi connectivity index (χ3v) is 3.30. The Hall–Kier alpha value is -1.43. The smallest absolute Gasteiger partial charge is 0.247 e. The molecule has 17 heavy (non-hydrogen) atoms. The van der Waals surface area contributed by atoms with Crippen LogP contribution in [0.4, 0.5) is 0 Å². The number of aromatic nitrogens is 3. The normalized spacial score (nSPS) is 23.7. The summed E-state index contributed by atoms with van der Waals surface area (Å²) in [6, 6.07) is -0.0180. The Labute approximate surface area is 101 Å². The monoisotopic (exact) mass is 237 g/mol. The van der Waals surface area contributed by atoms with Crippen molar-refractivity contribution in [1.82, 2.24) is 24.6 Å². The number of rotatable bonds is 2. The third-order valence-electron chi connectivity index (χ3n) is 3.30. The van der Waals surface area contributed by atoms with E-state index in [0.717, 1.165) is 19.6 Å². The fourth-order valence-corrected chi connectivity index (χ4v) is 2.24. The molecule has 1 saturated heterocycles. The second-order valence-corrected chi connectivity index (χ2v) is 4.69. The van der Waals surface area contributed by atoms with Crippen molar-refractivity contribution in [1.29, 1.82) is 0 Å². The van der Waals surface area contributed by atoms with Crippen molar-refractivity contribution in [3.63, 3.8) is 0 Å². The molecule has 0 N–H and O–H groups in total. The van der Waals surface area contributed by atoms with E-state index in [-0.39, 0.29) is 18.0 Å². The van der Waals surface area contributed by atoms with Crippen LogP contribution >= 0.6 is 0 Å². The first-order chi connectivity index (χ1) is 8.09. The molecule has 94 valence electrons. The SMILES string of the molecule is C[C@H]1CN(C)CCN1C(=O)[C@H](C)n1cncn1. The maximum Gasteiger partial charge on any atom is 0.247 e. The van der Waals surface area contributed by atoms with Crippen molar-refractivity contribution >= 4 is 5.91 Å². The number of hydrogen-bond donors (Lipinski definition) is 0. The molecule has 1 aromatic heterocycles. The van der Waals surface area contributed by atoms with Gasteiger partial charge in [0.2, 0.25) is 5.91 Å². The van der Waals surface area contributed by atoms with Crippen molar-refractivity contribution in [3.8, 4) is 0 Å². The van der Waals surface area contributed by atoms with Gasteiger partial charge in [0.25, 0.3) is 0 Å². The van der Waals surface area contributed by atoms with Gasteiger partial charge in [-0.3, -0.25) is 4.79 Å². The molecule has 0 radical (unpaired) electrons. The Morgan fingerprint density at radius 2 is 2.24 bits per heavy atom. The lowest BCUT2D eigenvalue weighted by Gasteiger charge is -2.39. The van der Waals surface area contributed by atoms with Gasteiger partial charge in [0.05, 0.1) is 0 Å². The zero-order valence-electron chi connectivity index (χ0n) is 10.6. The molecule has 0 aliphatic carbocycles. The quantitative estimate of drug-likeness (QED) is 0.726. The number of carbonyl (C=O) groups is 1. The molecule has 6 nitrogen and oxygen atoms in total. The van der Waals surface area contributed by atoms with E-state index in [9.17, 15) is 4.79 Å².